The molecule has 20 heavy (non-hydrogen) atoms. The first-order chi connectivity index (χ1) is 9.60. The molecule has 0 saturated carbocycles. The zero-order chi connectivity index (χ0) is 14.2. The number of benzene rings is 1. The van der Waals surface area contributed by atoms with Gasteiger partial charge in [0.05, 0.1) is 12.0 Å². The molecule has 0 aromatic heterocycles. The predicted molar refractivity (Wildman–Crippen MR) is 70.7 cm³/mol. The molecule has 0 spiro atoms. The van der Waals surface area contributed by atoms with Gasteiger partial charge in [0.15, 0.2) is 0 Å². The van der Waals surface area contributed by atoms with Crippen molar-refractivity contribution in [3.05, 3.63) is 35.6 Å². The van der Waals surface area contributed by atoms with E-state index in [9.17, 15) is 14.3 Å². The first-order valence-corrected chi connectivity index (χ1v) is 6.88. The topological polar surface area (TPSA) is 49.8 Å². The van der Waals surface area contributed by atoms with Crippen LogP contribution in [0.5, 0.6) is 0 Å². The third kappa shape index (κ3) is 2.31. The Morgan fingerprint density at radius 1 is 1.45 bits per heavy atom. The minimum atomic E-state index is -0.715. The van der Waals surface area contributed by atoms with Crippen LogP contribution in [0.4, 0.5) is 4.39 Å². The molecule has 0 aliphatic carbocycles. The molecule has 108 valence electrons. The largest absolute Gasteiger partial charge is 0.481 e. The number of hydrogen-bond donors (Lipinski definition) is 1. The first-order valence-electron chi connectivity index (χ1n) is 6.88. The number of fused-ring (bicyclic) bond motifs is 1. The van der Waals surface area contributed by atoms with Gasteiger partial charge in [-0.15, -0.1) is 0 Å². The summed E-state index contributed by atoms with van der Waals surface area (Å²) in [5, 5.41) is 9.59. The van der Waals surface area contributed by atoms with E-state index < -0.39 is 11.4 Å². The van der Waals surface area contributed by atoms with Crippen LogP contribution in [-0.2, 0) is 16.1 Å². The number of hydrogen-bond acceptors (Lipinski definition) is 3. The van der Waals surface area contributed by atoms with Gasteiger partial charge in [0.25, 0.3) is 0 Å². The Labute approximate surface area is 117 Å². The Bertz CT molecular complexity index is 504. The minimum Gasteiger partial charge on any atom is -0.481 e. The van der Waals surface area contributed by atoms with Gasteiger partial charge in [0.1, 0.15) is 5.82 Å². The fourth-order valence-corrected chi connectivity index (χ4v) is 3.37. The maximum atomic E-state index is 12.9. The highest BCUT2D eigenvalue weighted by Gasteiger charge is 2.53. The molecule has 1 aromatic carbocycles. The van der Waals surface area contributed by atoms with E-state index in [-0.39, 0.29) is 11.7 Å². The molecule has 2 aliphatic rings. The molecule has 2 saturated heterocycles. The lowest BCUT2D eigenvalue weighted by Crippen LogP contribution is -2.44. The summed E-state index contributed by atoms with van der Waals surface area (Å²) in [4.78, 5) is 13.8. The van der Waals surface area contributed by atoms with Gasteiger partial charge in [0, 0.05) is 32.2 Å². The molecule has 0 radical (unpaired) electrons. The Hall–Kier alpha value is -1.46. The molecule has 4 nitrogen and oxygen atoms in total. The maximum absolute atomic E-state index is 12.9. The van der Waals surface area contributed by atoms with Gasteiger partial charge in [-0.25, -0.2) is 4.39 Å². The summed E-state index contributed by atoms with van der Waals surface area (Å²) in [6.07, 6.45) is 0.576. The van der Waals surface area contributed by atoms with E-state index in [1.807, 2.05) is 0 Å². The number of aliphatic carboxylic acids is 1. The summed E-state index contributed by atoms with van der Waals surface area (Å²) in [6, 6.07) is 6.38. The average molecular weight is 279 g/mol. The molecule has 5 heteroatoms. The molecule has 0 bridgehead atoms. The predicted octanol–water partition coefficient (Wildman–Crippen LogP) is 1.75. The van der Waals surface area contributed by atoms with Crippen LogP contribution in [-0.4, -0.2) is 42.3 Å². The van der Waals surface area contributed by atoms with Crippen molar-refractivity contribution in [3.63, 3.8) is 0 Å². The Morgan fingerprint density at radius 2 is 2.20 bits per heavy atom. The van der Waals surface area contributed by atoms with E-state index in [1.165, 1.54) is 12.1 Å². The van der Waals surface area contributed by atoms with E-state index in [0.29, 0.717) is 32.7 Å². The van der Waals surface area contributed by atoms with E-state index >= 15 is 0 Å². The van der Waals surface area contributed by atoms with Gasteiger partial charge < -0.3 is 9.84 Å². The second kappa shape index (κ2) is 5.14. The molecule has 2 heterocycles. The maximum Gasteiger partial charge on any atom is 0.311 e. The summed E-state index contributed by atoms with van der Waals surface area (Å²) in [7, 11) is 0. The highest BCUT2D eigenvalue weighted by Crippen LogP contribution is 2.42. The van der Waals surface area contributed by atoms with Gasteiger partial charge >= 0.3 is 5.97 Å². The number of carboxylic acid groups (broad SMARTS) is 1. The lowest BCUT2D eigenvalue weighted by atomic mass is 9.74. The van der Waals surface area contributed by atoms with Gasteiger partial charge in [-0.1, -0.05) is 12.1 Å². The lowest BCUT2D eigenvalue weighted by Gasteiger charge is -2.34. The molecule has 2 aliphatic heterocycles. The molecule has 2 fully saturated rings. The molecule has 0 amide bonds. The summed E-state index contributed by atoms with van der Waals surface area (Å²) >= 11 is 0. The molecule has 1 N–H and O–H groups in total. The van der Waals surface area contributed by atoms with Crippen molar-refractivity contribution in [1.82, 2.24) is 4.90 Å². The van der Waals surface area contributed by atoms with Crippen molar-refractivity contribution in [2.45, 2.75) is 13.0 Å². The molecule has 2 atom stereocenters. The van der Waals surface area contributed by atoms with E-state index in [4.69, 9.17) is 4.74 Å². The fraction of sp³-hybridized carbons (Fsp3) is 0.533. The second-order valence-corrected chi connectivity index (χ2v) is 5.78. The molecular formula is C15H18FNO3. The number of halogens is 1. The van der Waals surface area contributed by atoms with Crippen molar-refractivity contribution in [2.24, 2.45) is 11.3 Å². The van der Waals surface area contributed by atoms with E-state index in [0.717, 1.165) is 12.1 Å². The van der Waals surface area contributed by atoms with E-state index in [1.54, 1.807) is 12.1 Å². The summed E-state index contributed by atoms with van der Waals surface area (Å²) in [6.45, 7) is 2.97. The van der Waals surface area contributed by atoms with E-state index in [2.05, 4.69) is 4.90 Å². The zero-order valence-corrected chi connectivity index (χ0v) is 11.2. The van der Waals surface area contributed by atoms with Crippen LogP contribution >= 0.6 is 0 Å². The third-order valence-corrected chi connectivity index (χ3v) is 4.52. The fourth-order valence-electron chi connectivity index (χ4n) is 3.37. The second-order valence-electron chi connectivity index (χ2n) is 5.78. The van der Waals surface area contributed by atoms with Gasteiger partial charge in [-0.3, -0.25) is 9.69 Å². The number of ether oxygens (including phenoxy) is 1. The summed E-state index contributed by atoms with van der Waals surface area (Å²) < 4.78 is 18.3. The zero-order valence-electron chi connectivity index (χ0n) is 11.2. The van der Waals surface area contributed by atoms with Crippen molar-refractivity contribution >= 4 is 5.97 Å². The number of nitrogens with zero attached hydrogens (tertiary/aromatic N) is 1. The van der Waals surface area contributed by atoms with Crippen LogP contribution in [0.1, 0.15) is 12.0 Å². The number of likely N-dealkylation sites (tertiary alicyclic amines) is 1. The van der Waals surface area contributed by atoms with Gasteiger partial charge in [-0.05, 0) is 24.1 Å². The molecule has 1 aromatic rings. The number of rotatable bonds is 3. The number of carbonyl (C=O) groups is 1. The Kier molecular flexibility index (Phi) is 3.48. The minimum absolute atomic E-state index is 0.0502. The molecule has 3 rings (SSSR count). The highest BCUT2D eigenvalue weighted by molar-refractivity contribution is 5.76. The van der Waals surface area contributed by atoms with Crippen LogP contribution in [0.25, 0.3) is 0 Å². The van der Waals surface area contributed by atoms with Crippen LogP contribution in [0, 0.1) is 17.2 Å². The molecular weight excluding hydrogens is 261 g/mol. The third-order valence-electron chi connectivity index (χ3n) is 4.52. The van der Waals surface area contributed by atoms with Crippen LogP contribution in [0.15, 0.2) is 24.3 Å². The van der Waals surface area contributed by atoms with Crippen molar-refractivity contribution in [2.75, 3.05) is 26.3 Å². The van der Waals surface area contributed by atoms with Crippen LogP contribution < -0.4 is 0 Å². The average Bonchev–Trinajstić information content (AvgIpc) is 2.80. The summed E-state index contributed by atoms with van der Waals surface area (Å²) in [5.41, 5.74) is 0.338. The van der Waals surface area contributed by atoms with Gasteiger partial charge in [0.2, 0.25) is 0 Å². The smallest absolute Gasteiger partial charge is 0.311 e. The van der Waals surface area contributed by atoms with Gasteiger partial charge in [-0.2, -0.15) is 0 Å². The normalized spacial score (nSPS) is 30.1. The van der Waals surface area contributed by atoms with Crippen LogP contribution in [0.2, 0.25) is 0 Å². The van der Waals surface area contributed by atoms with Crippen LogP contribution in [0.3, 0.4) is 0 Å². The first kappa shape index (κ1) is 13.5. The Morgan fingerprint density at radius 3 is 2.85 bits per heavy atom. The van der Waals surface area contributed by atoms with Crippen molar-refractivity contribution in [1.29, 1.82) is 0 Å². The van der Waals surface area contributed by atoms with Crippen molar-refractivity contribution in [3.8, 4) is 0 Å². The lowest BCUT2D eigenvalue weighted by molar-refractivity contribution is -0.157. The standard InChI is InChI=1S/C15H18FNO3/c16-13-3-1-11(2-4-13)7-17-8-12-9-20-6-5-15(12,10-17)14(18)19/h1-4,12H,5-10H2,(H,18,19)/t12-,15+/m1/s1. The quantitative estimate of drug-likeness (QED) is 0.916. The highest BCUT2D eigenvalue weighted by atomic mass is 19.1. The Balaban J connectivity index is 1.74. The summed E-state index contributed by atoms with van der Waals surface area (Å²) in [5.74, 6) is -0.916. The number of carboxylic acids is 1. The SMILES string of the molecule is O=C(O)[C@]12CCOC[C@H]1CN(Cc1ccc(F)cc1)C2. The molecule has 0 unspecified atom stereocenters. The van der Waals surface area contributed by atoms with Crippen molar-refractivity contribution < 1.29 is 19.0 Å². The monoisotopic (exact) mass is 279 g/mol.